The van der Waals surface area contributed by atoms with Gasteiger partial charge < -0.3 is 15.2 Å². The molecule has 0 radical (unpaired) electrons. The van der Waals surface area contributed by atoms with Crippen molar-refractivity contribution in [1.82, 2.24) is 5.32 Å². The third kappa shape index (κ3) is 5.79. The lowest BCUT2D eigenvalue weighted by Gasteiger charge is -2.14. The van der Waals surface area contributed by atoms with Gasteiger partial charge in [0, 0.05) is 5.56 Å². The molecule has 8 nitrogen and oxygen atoms in total. The van der Waals surface area contributed by atoms with E-state index < -0.39 is 33.8 Å². The van der Waals surface area contributed by atoms with Crippen molar-refractivity contribution in [2.45, 2.75) is 12.5 Å². The summed E-state index contributed by atoms with van der Waals surface area (Å²) in [6, 6.07) is 4.92. The Kier molecular flexibility index (Phi) is 5.68. The average molecular weight is 317 g/mol. The number of nitrogens with one attached hydrogen (secondary N) is 1. The Morgan fingerprint density at radius 2 is 1.95 bits per heavy atom. The lowest BCUT2D eigenvalue weighted by atomic mass is 10.1. The Morgan fingerprint density at radius 1 is 1.33 bits per heavy atom. The molecule has 1 aromatic rings. The highest BCUT2D eigenvalue weighted by atomic mass is 32.2. The molecule has 1 rings (SSSR count). The average Bonchev–Trinajstić information content (AvgIpc) is 2.36. The molecule has 0 heterocycles. The van der Waals surface area contributed by atoms with Crippen molar-refractivity contribution in [3.63, 3.8) is 0 Å². The number of rotatable bonds is 7. The number of amides is 1. The molecule has 0 saturated carbocycles. The zero-order valence-electron chi connectivity index (χ0n) is 11.1. The van der Waals surface area contributed by atoms with Crippen LogP contribution >= 0.6 is 0 Å². The Balaban J connectivity index is 2.77. The molecule has 0 bridgehead atoms. The zero-order chi connectivity index (χ0) is 16.0. The van der Waals surface area contributed by atoms with Crippen LogP contribution in [-0.4, -0.2) is 48.9 Å². The van der Waals surface area contributed by atoms with Gasteiger partial charge in [0.25, 0.3) is 10.1 Å². The second-order valence-corrected chi connectivity index (χ2v) is 5.69. The number of para-hydroxylation sites is 1. The van der Waals surface area contributed by atoms with E-state index in [4.69, 9.17) is 14.4 Å². The summed E-state index contributed by atoms with van der Waals surface area (Å²) in [5.74, 6) is -2.90. The minimum absolute atomic E-state index is 0.181. The predicted octanol–water partition coefficient (Wildman–Crippen LogP) is -0.305. The van der Waals surface area contributed by atoms with Crippen LogP contribution in [0.25, 0.3) is 0 Å². The van der Waals surface area contributed by atoms with Crippen molar-refractivity contribution in [3.05, 3.63) is 29.8 Å². The van der Waals surface area contributed by atoms with Crippen molar-refractivity contribution in [2.75, 3.05) is 12.9 Å². The van der Waals surface area contributed by atoms with Crippen molar-refractivity contribution < 1.29 is 32.4 Å². The highest BCUT2D eigenvalue weighted by Crippen LogP contribution is 2.17. The molecule has 0 spiro atoms. The van der Waals surface area contributed by atoms with E-state index in [1.54, 1.807) is 24.3 Å². The molecule has 0 aliphatic rings. The molecule has 0 aliphatic heterocycles. The summed E-state index contributed by atoms with van der Waals surface area (Å²) in [5, 5.41) is 10.9. The fourth-order valence-corrected chi connectivity index (χ4v) is 2.30. The summed E-state index contributed by atoms with van der Waals surface area (Å²) < 4.78 is 35.1. The summed E-state index contributed by atoms with van der Waals surface area (Å²) in [6.45, 7) is 0. The van der Waals surface area contributed by atoms with Gasteiger partial charge in [0.1, 0.15) is 17.5 Å². The molecule has 116 valence electrons. The SMILES string of the molecule is COc1ccccc1CC(=O)NC(CS(=O)(=O)O)C(=O)O. The van der Waals surface area contributed by atoms with Gasteiger partial charge in [0.2, 0.25) is 5.91 Å². The van der Waals surface area contributed by atoms with Gasteiger partial charge in [0.05, 0.1) is 13.5 Å². The van der Waals surface area contributed by atoms with Crippen LogP contribution in [0.4, 0.5) is 0 Å². The third-order valence-electron chi connectivity index (χ3n) is 2.55. The van der Waals surface area contributed by atoms with Crippen LogP contribution in [0, 0.1) is 0 Å². The van der Waals surface area contributed by atoms with Gasteiger partial charge in [-0.05, 0) is 6.07 Å². The van der Waals surface area contributed by atoms with Gasteiger partial charge in [-0.25, -0.2) is 4.79 Å². The Bertz CT molecular complexity index is 626. The van der Waals surface area contributed by atoms with Gasteiger partial charge in [0.15, 0.2) is 0 Å². The van der Waals surface area contributed by atoms with Crippen LogP contribution in [0.2, 0.25) is 0 Å². The fourth-order valence-electron chi connectivity index (χ4n) is 1.65. The minimum atomic E-state index is -4.52. The van der Waals surface area contributed by atoms with Gasteiger partial charge in [-0.1, -0.05) is 18.2 Å². The van der Waals surface area contributed by atoms with Crippen LogP contribution in [0.3, 0.4) is 0 Å². The number of methoxy groups -OCH3 is 1. The van der Waals surface area contributed by atoms with Crippen LogP contribution in [-0.2, 0) is 26.1 Å². The monoisotopic (exact) mass is 317 g/mol. The number of carbonyl (C=O) groups is 2. The highest BCUT2D eigenvalue weighted by molar-refractivity contribution is 7.85. The van der Waals surface area contributed by atoms with Gasteiger partial charge >= 0.3 is 5.97 Å². The number of benzene rings is 1. The summed E-state index contributed by atoms with van der Waals surface area (Å²) in [6.07, 6.45) is -0.181. The second-order valence-electron chi connectivity index (χ2n) is 4.20. The molecule has 1 aromatic carbocycles. The minimum Gasteiger partial charge on any atom is -0.496 e. The summed E-state index contributed by atoms with van der Waals surface area (Å²) in [7, 11) is -3.09. The maximum atomic E-state index is 11.8. The van der Waals surface area contributed by atoms with E-state index in [0.717, 1.165) is 0 Å². The predicted molar refractivity (Wildman–Crippen MR) is 72.7 cm³/mol. The van der Waals surface area contributed by atoms with E-state index in [1.807, 2.05) is 5.32 Å². The van der Waals surface area contributed by atoms with Crippen LogP contribution in [0.5, 0.6) is 5.75 Å². The standard InChI is InChI=1S/C12H15NO7S/c1-20-10-5-3-2-4-8(10)6-11(14)13-9(12(15)16)7-21(17,18)19/h2-5,9H,6-7H2,1H3,(H,13,14)(H,15,16)(H,17,18,19). The quantitative estimate of drug-likeness (QED) is 0.588. The number of hydrogen-bond donors (Lipinski definition) is 3. The maximum Gasteiger partial charge on any atom is 0.327 e. The normalized spacial score (nSPS) is 12.5. The van der Waals surface area contributed by atoms with E-state index in [9.17, 15) is 18.0 Å². The lowest BCUT2D eigenvalue weighted by Crippen LogP contribution is -2.45. The van der Waals surface area contributed by atoms with Crippen LogP contribution in [0.15, 0.2) is 24.3 Å². The summed E-state index contributed by atoms with van der Waals surface area (Å²) >= 11 is 0. The Labute approximate surface area is 121 Å². The van der Waals surface area contributed by atoms with Crippen LogP contribution in [0.1, 0.15) is 5.56 Å². The molecule has 0 aliphatic carbocycles. The first-order chi connectivity index (χ1) is 9.73. The molecule has 0 aromatic heterocycles. The number of ether oxygens (including phenoxy) is 1. The third-order valence-corrected chi connectivity index (χ3v) is 3.31. The van der Waals surface area contributed by atoms with E-state index in [1.165, 1.54) is 7.11 Å². The summed E-state index contributed by atoms with van der Waals surface area (Å²) in [5.41, 5.74) is 0.522. The topological polar surface area (TPSA) is 130 Å². The first-order valence-corrected chi connectivity index (χ1v) is 7.43. The maximum absolute atomic E-state index is 11.8. The molecular formula is C12H15NO7S. The molecule has 9 heteroatoms. The van der Waals surface area contributed by atoms with Crippen molar-refractivity contribution in [2.24, 2.45) is 0 Å². The van der Waals surface area contributed by atoms with Gasteiger partial charge in [-0.3, -0.25) is 9.35 Å². The van der Waals surface area contributed by atoms with Crippen molar-refractivity contribution in [1.29, 1.82) is 0 Å². The van der Waals surface area contributed by atoms with Gasteiger partial charge in [-0.15, -0.1) is 0 Å². The van der Waals surface area contributed by atoms with E-state index in [-0.39, 0.29) is 6.42 Å². The molecule has 0 saturated heterocycles. The lowest BCUT2D eigenvalue weighted by molar-refractivity contribution is -0.141. The largest absolute Gasteiger partial charge is 0.496 e. The second kappa shape index (κ2) is 7.04. The number of carboxylic acid groups (broad SMARTS) is 1. The number of hydrogen-bond acceptors (Lipinski definition) is 5. The van der Waals surface area contributed by atoms with Gasteiger partial charge in [-0.2, -0.15) is 8.42 Å². The molecule has 1 amide bonds. The molecule has 1 atom stereocenters. The van der Waals surface area contributed by atoms with E-state index >= 15 is 0 Å². The molecule has 1 unspecified atom stereocenters. The number of aliphatic carboxylic acids is 1. The highest BCUT2D eigenvalue weighted by Gasteiger charge is 2.25. The Hall–Kier alpha value is -2.13. The van der Waals surface area contributed by atoms with Crippen LogP contribution < -0.4 is 10.1 Å². The molecule has 0 fully saturated rings. The van der Waals surface area contributed by atoms with E-state index in [2.05, 4.69) is 0 Å². The van der Waals surface area contributed by atoms with Crippen molar-refractivity contribution in [3.8, 4) is 5.75 Å². The Morgan fingerprint density at radius 3 is 2.48 bits per heavy atom. The first kappa shape index (κ1) is 16.9. The van der Waals surface area contributed by atoms with Crippen molar-refractivity contribution >= 4 is 22.0 Å². The fraction of sp³-hybridized carbons (Fsp3) is 0.333. The summed E-state index contributed by atoms with van der Waals surface area (Å²) in [4.78, 5) is 22.6. The molecular weight excluding hydrogens is 302 g/mol. The molecule has 21 heavy (non-hydrogen) atoms. The molecule has 3 N–H and O–H groups in total. The smallest absolute Gasteiger partial charge is 0.327 e. The number of carboxylic acids is 1. The van der Waals surface area contributed by atoms with E-state index in [0.29, 0.717) is 11.3 Å². The zero-order valence-corrected chi connectivity index (χ0v) is 12.0. The first-order valence-electron chi connectivity index (χ1n) is 5.82. The number of carbonyl (C=O) groups excluding carboxylic acids is 1.